The van der Waals surface area contributed by atoms with Crippen LogP contribution in [-0.4, -0.2) is 40.1 Å². The number of rotatable bonds is 7. The average Bonchev–Trinajstić information content (AvgIpc) is 3.13. The summed E-state index contributed by atoms with van der Waals surface area (Å²) in [5.41, 5.74) is 1.20. The molecule has 1 aliphatic carbocycles. The van der Waals surface area contributed by atoms with Gasteiger partial charge in [-0.1, -0.05) is 36.8 Å². The van der Waals surface area contributed by atoms with Crippen LogP contribution in [0.15, 0.2) is 34.7 Å². The highest BCUT2D eigenvalue weighted by Gasteiger charge is 2.31. The molecule has 6 nitrogen and oxygen atoms in total. The van der Waals surface area contributed by atoms with Gasteiger partial charge in [-0.3, -0.25) is 4.79 Å². The number of amides is 1. The fourth-order valence-electron chi connectivity index (χ4n) is 4.48. The fourth-order valence-corrected chi connectivity index (χ4v) is 4.48. The summed E-state index contributed by atoms with van der Waals surface area (Å²) in [6.07, 6.45) is 6.25. The summed E-state index contributed by atoms with van der Waals surface area (Å²) in [6, 6.07) is 10.9. The molecule has 2 atom stereocenters. The zero-order chi connectivity index (χ0) is 20.2. The van der Waals surface area contributed by atoms with E-state index in [4.69, 9.17) is 4.42 Å². The molecule has 1 saturated carbocycles. The number of carbonyl (C=O) groups excluding carboxylic acids is 1. The maximum absolute atomic E-state index is 12.6. The molecule has 0 spiro atoms. The molecule has 2 heterocycles. The van der Waals surface area contributed by atoms with E-state index in [1.54, 1.807) is 0 Å². The molecule has 1 saturated heterocycles. The molecule has 2 aliphatic rings. The number of aryl methyl sites for hydroxylation is 1. The van der Waals surface area contributed by atoms with Crippen LogP contribution in [0, 0.1) is 12.8 Å². The lowest BCUT2D eigenvalue weighted by Gasteiger charge is -2.37. The van der Waals surface area contributed by atoms with Crippen molar-refractivity contribution >= 4 is 5.91 Å². The zero-order valence-electron chi connectivity index (χ0n) is 17.5. The largest absolute Gasteiger partial charge is 0.425 e. The number of nitrogens with one attached hydrogen (secondary N) is 1. The van der Waals surface area contributed by atoms with Gasteiger partial charge in [0.25, 0.3) is 0 Å². The minimum atomic E-state index is 0.0654. The number of hydrogen-bond acceptors (Lipinski definition) is 5. The lowest BCUT2D eigenvalue weighted by molar-refractivity contribution is -0.128. The second kappa shape index (κ2) is 9.08. The Labute approximate surface area is 173 Å². The van der Waals surface area contributed by atoms with Gasteiger partial charge in [-0.15, -0.1) is 10.2 Å². The summed E-state index contributed by atoms with van der Waals surface area (Å²) in [7, 11) is 0. The lowest BCUT2D eigenvalue weighted by atomic mass is 9.84. The SMILES string of the molecule is Cc1nnc(C2CCN(C(C)C[C@H](NC(=O)C3CCC3)c3ccccc3)CC2)o1. The van der Waals surface area contributed by atoms with Crippen molar-refractivity contribution in [2.24, 2.45) is 5.92 Å². The van der Waals surface area contributed by atoms with E-state index in [0.717, 1.165) is 51.1 Å². The number of likely N-dealkylation sites (tertiary alicyclic amines) is 1. The highest BCUT2D eigenvalue weighted by molar-refractivity contribution is 5.79. The van der Waals surface area contributed by atoms with Gasteiger partial charge in [-0.25, -0.2) is 0 Å². The van der Waals surface area contributed by atoms with Gasteiger partial charge in [0.05, 0.1) is 6.04 Å². The molecule has 29 heavy (non-hydrogen) atoms. The van der Waals surface area contributed by atoms with Crippen LogP contribution < -0.4 is 5.32 Å². The van der Waals surface area contributed by atoms with Crippen LogP contribution in [-0.2, 0) is 4.79 Å². The minimum Gasteiger partial charge on any atom is -0.425 e. The Hall–Kier alpha value is -2.21. The molecule has 1 aromatic heterocycles. The maximum atomic E-state index is 12.6. The van der Waals surface area contributed by atoms with Crippen LogP contribution in [0.4, 0.5) is 0 Å². The van der Waals surface area contributed by atoms with E-state index < -0.39 is 0 Å². The molecule has 0 radical (unpaired) electrons. The summed E-state index contributed by atoms with van der Waals surface area (Å²) in [4.78, 5) is 15.2. The lowest BCUT2D eigenvalue weighted by Crippen LogP contribution is -2.43. The number of hydrogen-bond donors (Lipinski definition) is 1. The predicted octanol–water partition coefficient (Wildman–Crippen LogP) is 3.99. The molecule has 1 unspecified atom stereocenters. The van der Waals surface area contributed by atoms with E-state index in [0.29, 0.717) is 17.9 Å². The molecule has 1 aliphatic heterocycles. The number of piperidine rings is 1. The Bertz CT molecular complexity index is 794. The van der Waals surface area contributed by atoms with Crippen molar-refractivity contribution in [3.05, 3.63) is 47.7 Å². The van der Waals surface area contributed by atoms with Crippen LogP contribution in [0.1, 0.15) is 74.8 Å². The Morgan fingerprint density at radius 1 is 1.17 bits per heavy atom. The van der Waals surface area contributed by atoms with Crippen LogP contribution in [0.3, 0.4) is 0 Å². The Kier molecular flexibility index (Phi) is 6.28. The van der Waals surface area contributed by atoms with Gasteiger partial charge in [-0.2, -0.15) is 0 Å². The summed E-state index contributed by atoms with van der Waals surface area (Å²) < 4.78 is 5.64. The molecule has 4 rings (SSSR count). The Morgan fingerprint density at radius 2 is 1.90 bits per heavy atom. The van der Waals surface area contributed by atoms with Gasteiger partial charge in [0, 0.05) is 24.8 Å². The van der Waals surface area contributed by atoms with E-state index in [2.05, 4.69) is 51.6 Å². The Morgan fingerprint density at radius 3 is 2.48 bits per heavy atom. The molecule has 2 fully saturated rings. The molecule has 1 amide bonds. The molecular formula is C23H32N4O2. The number of benzene rings is 1. The first-order valence-corrected chi connectivity index (χ1v) is 11.0. The molecule has 1 aromatic carbocycles. The monoisotopic (exact) mass is 396 g/mol. The summed E-state index contributed by atoms with van der Waals surface area (Å²) >= 11 is 0. The van der Waals surface area contributed by atoms with Crippen LogP contribution in [0.25, 0.3) is 0 Å². The van der Waals surface area contributed by atoms with E-state index in [1.165, 1.54) is 12.0 Å². The normalized spacial score (nSPS) is 20.8. The summed E-state index contributed by atoms with van der Waals surface area (Å²) in [5.74, 6) is 2.23. The van der Waals surface area contributed by atoms with Crippen molar-refractivity contribution in [3.63, 3.8) is 0 Å². The highest BCUT2D eigenvalue weighted by Crippen LogP contribution is 2.31. The van der Waals surface area contributed by atoms with Crippen LogP contribution >= 0.6 is 0 Å². The van der Waals surface area contributed by atoms with Gasteiger partial charge in [-0.05, 0) is 57.7 Å². The molecule has 2 aromatic rings. The third kappa shape index (κ3) is 4.86. The van der Waals surface area contributed by atoms with E-state index in [-0.39, 0.29) is 17.9 Å². The smallest absolute Gasteiger partial charge is 0.223 e. The van der Waals surface area contributed by atoms with Crippen molar-refractivity contribution in [2.45, 2.75) is 70.4 Å². The molecular weight excluding hydrogens is 364 g/mol. The minimum absolute atomic E-state index is 0.0654. The second-order valence-electron chi connectivity index (χ2n) is 8.65. The van der Waals surface area contributed by atoms with Gasteiger partial charge in [0.2, 0.25) is 17.7 Å². The van der Waals surface area contributed by atoms with E-state index in [9.17, 15) is 4.79 Å². The van der Waals surface area contributed by atoms with E-state index in [1.807, 2.05) is 13.0 Å². The summed E-state index contributed by atoms with van der Waals surface area (Å²) in [5, 5.41) is 11.5. The van der Waals surface area contributed by atoms with Gasteiger partial charge >= 0.3 is 0 Å². The van der Waals surface area contributed by atoms with Crippen molar-refractivity contribution in [1.82, 2.24) is 20.4 Å². The quantitative estimate of drug-likeness (QED) is 0.766. The van der Waals surface area contributed by atoms with Gasteiger partial charge in [0.1, 0.15) is 0 Å². The van der Waals surface area contributed by atoms with Crippen LogP contribution in [0.5, 0.6) is 0 Å². The van der Waals surface area contributed by atoms with Crippen molar-refractivity contribution < 1.29 is 9.21 Å². The Balaban J connectivity index is 1.36. The molecule has 156 valence electrons. The first-order valence-electron chi connectivity index (χ1n) is 11.0. The van der Waals surface area contributed by atoms with Crippen molar-refractivity contribution in [1.29, 1.82) is 0 Å². The first-order chi connectivity index (χ1) is 14.1. The number of aromatic nitrogens is 2. The molecule has 1 N–H and O–H groups in total. The van der Waals surface area contributed by atoms with Crippen molar-refractivity contribution in [3.8, 4) is 0 Å². The number of carbonyl (C=O) groups is 1. The summed E-state index contributed by atoms with van der Waals surface area (Å²) in [6.45, 7) is 6.16. The van der Waals surface area contributed by atoms with Crippen molar-refractivity contribution in [2.75, 3.05) is 13.1 Å². The molecule has 0 bridgehead atoms. The van der Waals surface area contributed by atoms with E-state index >= 15 is 0 Å². The van der Waals surface area contributed by atoms with Crippen LogP contribution in [0.2, 0.25) is 0 Å². The average molecular weight is 397 g/mol. The third-order valence-corrected chi connectivity index (χ3v) is 6.62. The molecule has 6 heteroatoms. The standard InChI is InChI=1S/C23H32N4O2/c1-16(27-13-11-20(12-14-27)23-26-25-17(2)29-23)15-21(18-7-4-3-5-8-18)24-22(28)19-9-6-10-19/h3-5,7-8,16,19-21H,6,9-15H2,1-2H3,(H,24,28)/t16?,21-/m0/s1. The second-order valence-corrected chi connectivity index (χ2v) is 8.65. The fraction of sp³-hybridized carbons (Fsp3) is 0.609. The maximum Gasteiger partial charge on any atom is 0.223 e. The first kappa shape index (κ1) is 20.1. The zero-order valence-corrected chi connectivity index (χ0v) is 17.5. The number of nitrogens with zero attached hydrogens (tertiary/aromatic N) is 3. The predicted molar refractivity (Wildman–Crippen MR) is 111 cm³/mol. The highest BCUT2D eigenvalue weighted by atomic mass is 16.4. The van der Waals surface area contributed by atoms with Gasteiger partial charge < -0.3 is 14.6 Å². The third-order valence-electron chi connectivity index (χ3n) is 6.62. The topological polar surface area (TPSA) is 71.3 Å². The van der Waals surface area contributed by atoms with Gasteiger partial charge in [0.15, 0.2) is 0 Å².